The number of hydrogen-bond donors (Lipinski definition) is 2. The number of nitrogens with one attached hydrogen (secondary N) is 2. The first-order chi connectivity index (χ1) is 11.0. The van der Waals surface area contributed by atoms with Crippen LogP contribution in [0.15, 0.2) is 47.1 Å². The normalized spacial score (nSPS) is 11.5. The average Bonchev–Trinajstić information content (AvgIpc) is 3.07. The number of benzene rings is 1. The molecule has 7 nitrogen and oxygen atoms in total. The van der Waals surface area contributed by atoms with Gasteiger partial charge in [0.1, 0.15) is 0 Å². The number of carboxylic acids is 1. The van der Waals surface area contributed by atoms with E-state index >= 15 is 0 Å². The first-order valence-corrected chi connectivity index (χ1v) is 6.98. The lowest BCUT2D eigenvalue weighted by Gasteiger charge is -2.19. The van der Waals surface area contributed by atoms with E-state index in [4.69, 9.17) is 4.42 Å². The molecule has 2 amide bonds. The third kappa shape index (κ3) is 3.97. The standard InChI is InChI=1S/C16H16N2O5/c1-2-11(16(21)22)17-14(19)10-6-3-4-7-12(10)18-15(20)13-8-5-9-23-13/h3-9,11H,2H2,1H3,(H,17,19)(H,18,20)(H,21,22)/p-1/t11-/m0/s1. The monoisotopic (exact) mass is 315 g/mol. The third-order valence-electron chi connectivity index (χ3n) is 3.16. The van der Waals surface area contributed by atoms with Crippen molar-refractivity contribution in [2.24, 2.45) is 0 Å². The molecule has 2 rings (SSSR count). The maximum atomic E-state index is 12.2. The molecule has 23 heavy (non-hydrogen) atoms. The molecule has 7 heteroatoms. The van der Waals surface area contributed by atoms with Crippen molar-refractivity contribution < 1.29 is 23.9 Å². The van der Waals surface area contributed by atoms with Crippen molar-refractivity contribution in [2.45, 2.75) is 19.4 Å². The van der Waals surface area contributed by atoms with Crippen LogP contribution in [0, 0.1) is 0 Å². The minimum atomic E-state index is -1.36. The zero-order chi connectivity index (χ0) is 16.8. The molecule has 0 saturated carbocycles. The van der Waals surface area contributed by atoms with Gasteiger partial charge < -0.3 is 25.0 Å². The topological polar surface area (TPSA) is 111 Å². The molecule has 0 aliphatic carbocycles. The first kappa shape index (κ1) is 16.3. The van der Waals surface area contributed by atoms with Gasteiger partial charge in [0.2, 0.25) is 0 Å². The zero-order valence-corrected chi connectivity index (χ0v) is 12.4. The van der Waals surface area contributed by atoms with Gasteiger partial charge in [-0.05, 0) is 30.7 Å². The highest BCUT2D eigenvalue weighted by molar-refractivity contribution is 6.08. The van der Waals surface area contributed by atoms with Gasteiger partial charge in [0.15, 0.2) is 5.76 Å². The first-order valence-electron chi connectivity index (χ1n) is 6.98. The number of anilines is 1. The van der Waals surface area contributed by atoms with Gasteiger partial charge >= 0.3 is 0 Å². The number of aliphatic carboxylic acids is 1. The van der Waals surface area contributed by atoms with Gasteiger partial charge in [0.25, 0.3) is 11.8 Å². The van der Waals surface area contributed by atoms with Crippen molar-refractivity contribution in [3.63, 3.8) is 0 Å². The van der Waals surface area contributed by atoms with Crippen molar-refractivity contribution in [3.05, 3.63) is 54.0 Å². The van der Waals surface area contributed by atoms with Gasteiger partial charge in [0.05, 0.1) is 29.5 Å². The number of furan rings is 1. The maximum absolute atomic E-state index is 12.2. The molecular formula is C16H15N2O5-. The molecule has 0 saturated heterocycles. The number of carbonyl (C=O) groups excluding carboxylic acids is 3. The fourth-order valence-electron chi connectivity index (χ4n) is 1.95. The van der Waals surface area contributed by atoms with E-state index in [-0.39, 0.29) is 23.4 Å². The molecule has 1 atom stereocenters. The molecule has 2 N–H and O–H groups in total. The Labute approximate surface area is 132 Å². The SMILES string of the molecule is CC[C@H](NC(=O)c1ccccc1NC(=O)c1ccco1)C(=O)[O-]. The Morgan fingerprint density at radius 2 is 1.87 bits per heavy atom. The Morgan fingerprint density at radius 3 is 2.48 bits per heavy atom. The van der Waals surface area contributed by atoms with E-state index < -0.39 is 23.8 Å². The van der Waals surface area contributed by atoms with E-state index in [1.54, 1.807) is 25.1 Å². The van der Waals surface area contributed by atoms with E-state index in [1.807, 2.05) is 0 Å². The fraction of sp³-hybridized carbons (Fsp3) is 0.188. The predicted octanol–water partition coefficient (Wildman–Crippen LogP) is 0.790. The second-order valence-electron chi connectivity index (χ2n) is 4.73. The number of carbonyl (C=O) groups is 3. The minimum absolute atomic E-state index is 0.0985. The van der Waals surface area contributed by atoms with Gasteiger partial charge in [-0.1, -0.05) is 19.1 Å². The molecule has 0 aliphatic heterocycles. The zero-order valence-electron chi connectivity index (χ0n) is 12.4. The minimum Gasteiger partial charge on any atom is -0.548 e. The van der Waals surface area contributed by atoms with Crippen LogP contribution in [0.3, 0.4) is 0 Å². The number of hydrogen-bond acceptors (Lipinski definition) is 5. The highest BCUT2D eigenvalue weighted by Gasteiger charge is 2.18. The van der Waals surface area contributed by atoms with Gasteiger partial charge in [0, 0.05) is 0 Å². The highest BCUT2D eigenvalue weighted by Crippen LogP contribution is 2.16. The molecule has 0 radical (unpaired) electrons. The van der Waals surface area contributed by atoms with Crippen LogP contribution >= 0.6 is 0 Å². The van der Waals surface area contributed by atoms with E-state index in [0.29, 0.717) is 0 Å². The Hall–Kier alpha value is -3.09. The molecule has 2 aromatic rings. The van der Waals surface area contributed by atoms with E-state index in [2.05, 4.69) is 10.6 Å². The summed E-state index contributed by atoms with van der Waals surface area (Å²) in [5.41, 5.74) is 0.395. The van der Waals surface area contributed by atoms with Crippen LogP contribution in [0.5, 0.6) is 0 Å². The van der Waals surface area contributed by atoms with Crippen LogP contribution in [-0.2, 0) is 4.79 Å². The molecule has 0 fully saturated rings. The second kappa shape index (κ2) is 7.26. The summed E-state index contributed by atoms with van der Waals surface area (Å²) in [4.78, 5) is 35.1. The molecule has 0 spiro atoms. The van der Waals surface area contributed by atoms with Crippen LogP contribution in [0.2, 0.25) is 0 Å². The smallest absolute Gasteiger partial charge is 0.291 e. The molecule has 0 bridgehead atoms. The van der Waals surface area contributed by atoms with Gasteiger partial charge in [-0.25, -0.2) is 0 Å². The largest absolute Gasteiger partial charge is 0.548 e. The lowest BCUT2D eigenvalue weighted by molar-refractivity contribution is -0.308. The second-order valence-corrected chi connectivity index (χ2v) is 4.73. The molecular weight excluding hydrogens is 300 g/mol. The van der Waals surface area contributed by atoms with E-state index in [1.165, 1.54) is 24.5 Å². The van der Waals surface area contributed by atoms with Crippen LogP contribution in [0.25, 0.3) is 0 Å². The van der Waals surface area contributed by atoms with Gasteiger partial charge in [-0.3, -0.25) is 9.59 Å². The van der Waals surface area contributed by atoms with Crippen LogP contribution < -0.4 is 15.7 Å². The summed E-state index contributed by atoms with van der Waals surface area (Å²) in [7, 11) is 0. The number of para-hydroxylation sites is 1. The predicted molar refractivity (Wildman–Crippen MR) is 79.7 cm³/mol. The van der Waals surface area contributed by atoms with Crippen molar-refractivity contribution in [2.75, 3.05) is 5.32 Å². The molecule has 120 valence electrons. The molecule has 1 aromatic carbocycles. The number of rotatable bonds is 6. The van der Waals surface area contributed by atoms with E-state index in [9.17, 15) is 19.5 Å². The highest BCUT2D eigenvalue weighted by atomic mass is 16.4. The Morgan fingerprint density at radius 1 is 1.13 bits per heavy atom. The summed E-state index contributed by atoms with van der Waals surface area (Å²) in [6.45, 7) is 1.62. The van der Waals surface area contributed by atoms with Crippen molar-refractivity contribution in [1.29, 1.82) is 0 Å². The summed E-state index contributed by atoms with van der Waals surface area (Å²) in [5, 5.41) is 15.8. The van der Waals surface area contributed by atoms with Gasteiger partial charge in [-0.15, -0.1) is 0 Å². The quantitative estimate of drug-likeness (QED) is 0.818. The van der Waals surface area contributed by atoms with Crippen LogP contribution in [0.1, 0.15) is 34.3 Å². The summed E-state index contributed by atoms with van der Waals surface area (Å²) in [6.07, 6.45) is 1.55. The van der Waals surface area contributed by atoms with E-state index in [0.717, 1.165) is 0 Å². The average molecular weight is 315 g/mol. The van der Waals surface area contributed by atoms with Crippen molar-refractivity contribution >= 4 is 23.5 Å². The van der Waals surface area contributed by atoms with Crippen LogP contribution in [0.4, 0.5) is 5.69 Å². The Bertz CT molecular complexity index is 709. The summed E-state index contributed by atoms with van der Waals surface area (Å²) in [6, 6.07) is 8.23. The number of carboxylic acid groups (broad SMARTS) is 1. The third-order valence-corrected chi connectivity index (χ3v) is 3.16. The fourth-order valence-corrected chi connectivity index (χ4v) is 1.95. The van der Waals surface area contributed by atoms with Crippen molar-refractivity contribution in [3.8, 4) is 0 Å². The summed E-state index contributed by atoms with van der Waals surface area (Å²) in [5.74, 6) is -2.39. The Kier molecular flexibility index (Phi) is 5.14. The van der Waals surface area contributed by atoms with Crippen molar-refractivity contribution in [1.82, 2.24) is 5.32 Å². The Balaban J connectivity index is 2.18. The molecule has 1 aromatic heterocycles. The molecule has 1 heterocycles. The molecule has 0 unspecified atom stereocenters. The van der Waals surface area contributed by atoms with Crippen LogP contribution in [-0.4, -0.2) is 23.8 Å². The maximum Gasteiger partial charge on any atom is 0.291 e. The lowest BCUT2D eigenvalue weighted by atomic mass is 10.1. The lowest BCUT2D eigenvalue weighted by Crippen LogP contribution is -2.47. The summed E-state index contributed by atoms with van der Waals surface area (Å²) >= 11 is 0. The molecule has 0 aliphatic rings. The van der Waals surface area contributed by atoms with Gasteiger partial charge in [-0.2, -0.15) is 0 Å². The number of amides is 2. The summed E-state index contributed by atoms with van der Waals surface area (Å²) < 4.78 is 4.98.